The number of hydrogen-bond acceptors (Lipinski definition) is 2. The summed E-state index contributed by atoms with van der Waals surface area (Å²) in [5.41, 5.74) is 10.9. The molecule has 0 bridgehead atoms. The van der Waals surface area contributed by atoms with E-state index in [1.165, 1.54) is 10.8 Å². The molecule has 0 aliphatic carbocycles. The number of rotatable bonds is 3. The van der Waals surface area contributed by atoms with E-state index >= 15 is 0 Å². The number of para-hydroxylation sites is 4. The highest BCUT2D eigenvalue weighted by atomic mass is 16.3. The zero-order valence-corrected chi connectivity index (χ0v) is 31.9. The first-order chi connectivity index (χ1) is 29.7. The van der Waals surface area contributed by atoms with Gasteiger partial charge in [-0.3, -0.25) is 0 Å². The predicted octanol–water partition coefficient (Wildman–Crippen LogP) is 14.5. The third kappa shape index (κ3) is 4.23. The summed E-state index contributed by atoms with van der Waals surface area (Å²) in [6.07, 6.45) is 0. The fourth-order valence-electron chi connectivity index (χ4n) is 9.98. The minimum Gasteiger partial charge on any atom is -0.455 e. The van der Waals surface area contributed by atoms with Crippen molar-refractivity contribution in [1.29, 1.82) is 5.26 Å². The van der Waals surface area contributed by atoms with Gasteiger partial charge in [0.15, 0.2) is 0 Å². The maximum atomic E-state index is 11.1. The second-order valence-corrected chi connectivity index (χ2v) is 15.5. The first-order valence-corrected chi connectivity index (χ1v) is 19.9. The van der Waals surface area contributed by atoms with Crippen molar-refractivity contribution in [3.63, 3.8) is 0 Å². The molecule has 4 heterocycles. The van der Waals surface area contributed by atoms with Gasteiger partial charge in [0.25, 0.3) is 0 Å². The van der Waals surface area contributed by atoms with E-state index in [9.17, 15) is 5.26 Å². The standard InChI is InChI=1S/C54H29N5O/c1-56-42-30-49(33(31-55)28-50(42)59-45-20-10-6-17-40(45)53-48(59)27-24-39-38-16-7-11-21-51(38)60-54(39)53)58-46-26-23-34(29-41(46)52-35-13-3-2-12-32(35)22-25-47(52)58)57-43-18-8-4-14-36(43)37-15-5-9-19-44(37)57/h2-30H. The van der Waals surface area contributed by atoms with Gasteiger partial charge >= 0.3 is 0 Å². The summed E-state index contributed by atoms with van der Waals surface area (Å²) >= 11 is 0. The Morgan fingerprint density at radius 1 is 0.450 bits per heavy atom. The lowest BCUT2D eigenvalue weighted by Crippen LogP contribution is -2.02. The van der Waals surface area contributed by atoms with Gasteiger partial charge in [-0.25, -0.2) is 4.85 Å². The number of hydrogen-bond donors (Lipinski definition) is 0. The molecule has 0 radical (unpaired) electrons. The van der Waals surface area contributed by atoms with Crippen LogP contribution in [0.4, 0.5) is 5.69 Å². The Bertz CT molecular complexity index is 4050. The van der Waals surface area contributed by atoms with Gasteiger partial charge < -0.3 is 18.1 Å². The second kappa shape index (κ2) is 12.0. The van der Waals surface area contributed by atoms with Crippen molar-refractivity contribution in [3.8, 4) is 23.1 Å². The zero-order chi connectivity index (χ0) is 39.6. The normalized spacial score (nSPS) is 12.0. The predicted molar refractivity (Wildman–Crippen MR) is 245 cm³/mol. The highest BCUT2D eigenvalue weighted by molar-refractivity contribution is 6.25. The molecule has 0 fully saturated rings. The molecule has 9 aromatic carbocycles. The van der Waals surface area contributed by atoms with E-state index in [-0.39, 0.29) is 0 Å². The van der Waals surface area contributed by atoms with E-state index in [1.807, 2.05) is 42.5 Å². The topological polar surface area (TPSA) is 56.1 Å². The SMILES string of the molecule is [C-]#[N+]c1cc(-n2c3ccc(-n4c5ccccc5c5ccccc54)cc3c3c4ccccc4ccc32)c(C#N)cc1-n1c2ccccc2c2c3oc4ccccc4c3ccc21. The van der Waals surface area contributed by atoms with Crippen LogP contribution in [0.3, 0.4) is 0 Å². The molecule has 6 heteroatoms. The van der Waals surface area contributed by atoms with E-state index in [4.69, 9.17) is 11.0 Å². The van der Waals surface area contributed by atoms with Crippen molar-refractivity contribution in [1.82, 2.24) is 13.7 Å². The molecule has 0 spiro atoms. The Kier molecular flexibility index (Phi) is 6.48. The van der Waals surface area contributed by atoms with E-state index < -0.39 is 0 Å². The minimum absolute atomic E-state index is 0.439. The van der Waals surface area contributed by atoms with Crippen LogP contribution in [0.2, 0.25) is 0 Å². The number of benzene rings is 9. The summed E-state index contributed by atoms with van der Waals surface area (Å²) in [6, 6.07) is 63.4. The molecular weight excluding hydrogens is 735 g/mol. The van der Waals surface area contributed by atoms with Gasteiger partial charge in [0.1, 0.15) is 17.2 Å². The first kappa shape index (κ1) is 32.5. The molecule has 276 valence electrons. The summed E-state index contributed by atoms with van der Waals surface area (Å²) in [4.78, 5) is 4.18. The summed E-state index contributed by atoms with van der Waals surface area (Å²) in [6.45, 7) is 8.63. The third-order valence-electron chi connectivity index (χ3n) is 12.5. The molecule has 0 saturated carbocycles. The van der Waals surface area contributed by atoms with Crippen LogP contribution in [0.1, 0.15) is 5.56 Å². The smallest absolute Gasteiger partial charge is 0.212 e. The van der Waals surface area contributed by atoms with E-state index in [0.29, 0.717) is 22.6 Å². The van der Waals surface area contributed by atoms with Crippen LogP contribution in [0, 0.1) is 17.9 Å². The number of nitriles is 1. The summed E-state index contributed by atoms with van der Waals surface area (Å²) in [5.74, 6) is 0. The van der Waals surface area contributed by atoms with Crippen LogP contribution >= 0.6 is 0 Å². The maximum Gasteiger partial charge on any atom is 0.212 e. The molecule has 0 aliphatic rings. The van der Waals surface area contributed by atoms with Crippen molar-refractivity contribution >= 4 is 104 Å². The number of fused-ring (bicyclic) bond motifs is 15. The second-order valence-electron chi connectivity index (χ2n) is 15.5. The Labute approximate surface area is 342 Å². The highest BCUT2D eigenvalue weighted by Crippen LogP contribution is 2.45. The molecule has 4 aromatic heterocycles. The van der Waals surface area contributed by atoms with Crippen LogP contribution in [0.25, 0.3) is 120 Å². The minimum atomic E-state index is 0.439. The van der Waals surface area contributed by atoms with Gasteiger partial charge in [-0.05, 0) is 83.6 Å². The fourth-order valence-corrected chi connectivity index (χ4v) is 9.98. The molecule has 0 amide bonds. The molecule has 6 nitrogen and oxygen atoms in total. The number of furan rings is 1. The van der Waals surface area contributed by atoms with Crippen molar-refractivity contribution in [2.45, 2.75) is 0 Å². The van der Waals surface area contributed by atoms with Gasteiger partial charge in [0.05, 0.1) is 62.0 Å². The van der Waals surface area contributed by atoms with Crippen LogP contribution in [0.15, 0.2) is 180 Å². The monoisotopic (exact) mass is 763 g/mol. The maximum absolute atomic E-state index is 11.1. The first-order valence-electron chi connectivity index (χ1n) is 19.9. The van der Waals surface area contributed by atoms with Crippen LogP contribution in [-0.2, 0) is 0 Å². The Morgan fingerprint density at radius 2 is 1.03 bits per heavy atom. The molecule has 60 heavy (non-hydrogen) atoms. The molecular formula is C54H29N5O. The Morgan fingerprint density at radius 3 is 1.78 bits per heavy atom. The quantitative estimate of drug-likeness (QED) is 0.168. The lowest BCUT2D eigenvalue weighted by Gasteiger charge is -2.16. The largest absolute Gasteiger partial charge is 0.455 e. The van der Waals surface area contributed by atoms with Gasteiger partial charge in [0, 0.05) is 43.4 Å². The molecule has 0 atom stereocenters. The highest BCUT2D eigenvalue weighted by Gasteiger charge is 2.24. The van der Waals surface area contributed by atoms with Crippen LogP contribution in [0.5, 0.6) is 0 Å². The molecule has 13 aromatic rings. The third-order valence-corrected chi connectivity index (χ3v) is 12.5. The summed E-state index contributed by atoms with van der Waals surface area (Å²) in [5, 5.41) is 22.0. The average molecular weight is 764 g/mol. The van der Waals surface area contributed by atoms with Gasteiger partial charge in [-0.15, -0.1) is 0 Å². The fraction of sp³-hybridized carbons (Fsp3) is 0. The average Bonchev–Trinajstić information content (AvgIpc) is 4.04. The number of aromatic nitrogens is 3. The van der Waals surface area contributed by atoms with E-state index in [2.05, 4.69) is 158 Å². The van der Waals surface area contributed by atoms with Crippen molar-refractivity contribution in [2.24, 2.45) is 0 Å². The van der Waals surface area contributed by atoms with E-state index in [0.717, 1.165) is 93.0 Å². The lowest BCUT2D eigenvalue weighted by atomic mass is 10.0. The van der Waals surface area contributed by atoms with Crippen molar-refractivity contribution in [2.75, 3.05) is 0 Å². The van der Waals surface area contributed by atoms with E-state index in [1.54, 1.807) is 0 Å². The lowest BCUT2D eigenvalue weighted by molar-refractivity contribution is 0.673. The van der Waals surface area contributed by atoms with Gasteiger partial charge in [0.2, 0.25) is 5.69 Å². The van der Waals surface area contributed by atoms with Gasteiger partial charge in [-0.2, -0.15) is 5.26 Å². The van der Waals surface area contributed by atoms with Crippen molar-refractivity contribution < 1.29 is 4.42 Å². The molecule has 0 N–H and O–H groups in total. The molecule has 0 aliphatic heterocycles. The van der Waals surface area contributed by atoms with Crippen LogP contribution < -0.4 is 0 Å². The number of nitrogens with zero attached hydrogens (tertiary/aromatic N) is 5. The van der Waals surface area contributed by atoms with Crippen molar-refractivity contribution in [3.05, 3.63) is 193 Å². The molecule has 0 saturated heterocycles. The van der Waals surface area contributed by atoms with Crippen LogP contribution in [-0.4, -0.2) is 13.7 Å². The summed E-state index contributed by atoms with van der Waals surface area (Å²) in [7, 11) is 0. The molecule has 0 unspecified atom stereocenters. The summed E-state index contributed by atoms with van der Waals surface area (Å²) < 4.78 is 13.2. The van der Waals surface area contributed by atoms with Gasteiger partial charge in [-0.1, -0.05) is 103 Å². The molecule has 13 rings (SSSR count). The Balaban J connectivity index is 1.10. The zero-order valence-electron chi connectivity index (χ0n) is 31.9. The Hall–Kier alpha value is -8.58.